The molecule has 1 aromatic heterocycles. The van der Waals surface area contributed by atoms with Gasteiger partial charge in [-0.2, -0.15) is 0 Å². The van der Waals surface area contributed by atoms with Crippen molar-refractivity contribution in [3.05, 3.63) is 42.4 Å². The highest BCUT2D eigenvalue weighted by molar-refractivity contribution is 5.69. The molecular formula is C16H19N3O. The largest absolute Gasteiger partial charge is 0.496 e. The normalized spacial score (nSPS) is 18.8. The van der Waals surface area contributed by atoms with Gasteiger partial charge in [-0.05, 0) is 31.5 Å². The Morgan fingerprint density at radius 3 is 2.85 bits per heavy atom. The van der Waals surface area contributed by atoms with Crippen molar-refractivity contribution in [2.45, 2.75) is 18.8 Å². The number of rotatable bonds is 3. The summed E-state index contributed by atoms with van der Waals surface area (Å²) in [6, 6.07) is 7.99. The number of para-hydroxylation sites is 1. The van der Waals surface area contributed by atoms with Crippen LogP contribution in [0.4, 0.5) is 0 Å². The quantitative estimate of drug-likeness (QED) is 0.930. The van der Waals surface area contributed by atoms with Crippen molar-refractivity contribution in [1.82, 2.24) is 15.3 Å². The summed E-state index contributed by atoms with van der Waals surface area (Å²) in [5.41, 5.74) is 3.03. The van der Waals surface area contributed by atoms with Gasteiger partial charge in [0.2, 0.25) is 0 Å². The highest BCUT2D eigenvalue weighted by Gasteiger charge is 2.22. The van der Waals surface area contributed by atoms with Crippen LogP contribution in [-0.2, 0) is 0 Å². The molecule has 3 rings (SSSR count). The van der Waals surface area contributed by atoms with Gasteiger partial charge in [-0.25, -0.2) is 0 Å². The SMILES string of the molecule is COc1ccccc1-c1nccnc1C1CCCNC1. The van der Waals surface area contributed by atoms with E-state index >= 15 is 0 Å². The Balaban J connectivity index is 2.05. The van der Waals surface area contributed by atoms with Gasteiger partial charge in [0.05, 0.1) is 18.5 Å². The molecule has 4 nitrogen and oxygen atoms in total. The van der Waals surface area contributed by atoms with Gasteiger partial charge in [0.15, 0.2) is 0 Å². The molecule has 1 aliphatic heterocycles. The number of aromatic nitrogens is 2. The topological polar surface area (TPSA) is 47.0 Å². The summed E-state index contributed by atoms with van der Waals surface area (Å²) >= 11 is 0. The predicted octanol–water partition coefficient (Wildman–Crippen LogP) is 2.62. The number of nitrogens with zero attached hydrogens (tertiary/aromatic N) is 2. The zero-order valence-corrected chi connectivity index (χ0v) is 11.7. The van der Waals surface area contributed by atoms with E-state index in [1.54, 1.807) is 19.5 Å². The van der Waals surface area contributed by atoms with Gasteiger partial charge >= 0.3 is 0 Å². The molecule has 1 aromatic carbocycles. The van der Waals surface area contributed by atoms with E-state index in [0.717, 1.165) is 42.2 Å². The Morgan fingerprint density at radius 2 is 2.05 bits per heavy atom. The molecule has 20 heavy (non-hydrogen) atoms. The van der Waals surface area contributed by atoms with Crippen molar-refractivity contribution < 1.29 is 4.74 Å². The van der Waals surface area contributed by atoms with Gasteiger partial charge < -0.3 is 10.1 Å². The van der Waals surface area contributed by atoms with Crippen molar-refractivity contribution >= 4 is 0 Å². The average molecular weight is 269 g/mol. The summed E-state index contributed by atoms with van der Waals surface area (Å²) in [5.74, 6) is 1.27. The zero-order valence-electron chi connectivity index (χ0n) is 11.7. The fraction of sp³-hybridized carbons (Fsp3) is 0.375. The monoisotopic (exact) mass is 269 g/mol. The van der Waals surface area contributed by atoms with Crippen LogP contribution in [0, 0.1) is 0 Å². The lowest BCUT2D eigenvalue weighted by Crippen LogP contribution is -2.29. The van der Waals surface area contributed by atoms with Crippen LogP contribution in [0.15, 0.2) is 36.7 Å². The first-order valence-electron chi connectivity index (χ1n) is 7.05. The van der Waals surface area contributed by atoms with E-state index in [1.807, 2.05) is 24.3 Å². The van der Waals surface area contributed by atoms with Crippen LogP contribution in [0.2, 0.25) is 0 Å². The highest BCUT2D eigenvalue weighted by Crippen LogP contribution is 2.34. The standard InChI is InChI=1S/C16H19N3O/c1-20-14-7-3-2-6-13(14)16-15(18-9-10-19-16)12-5-4-8-17-11-12/h2-3,6-7,9-10,12,17H,4-5,8,11H2,1H3. The lowest BCUT2D eigenvalue weighted by molar-refractivity contribution is 0.416. The molecular weight excluding hydrogens is 250 g/mol. The van der Waals surface area contributed by atoms with Gasteiger partial charge in [0.1, 0.15) is 5.75 Å². The van der Waals surface area contributed by atoms with Gasteiger partial charge in [-0.1, -0.05) is 12.1 Å². The fourth-order valence-electron chi connectivity index (χ4n) is 2.78. The smallest absolute Gasteiger partial charge is 0.128 e. The Kier molecular flexibility index (Phi) is 3.92. The Morgan fingerprint density at radius 1 is 1.20 bits per heavy atom. The maximum atomic E-state index is 5.46. The van der Waals surface area contributed by atoms with E-state index in [1.165, 1.54) is 6.42 Å². The summed E-state index contributed by atoms with van der Waals surface area (Å²) < 4.78 is 5.46. The molecule has 2 heterocycles. The van der Waals surface area contributed by atoms with E-state index in [9.17, 15) is 0 Å². The number of ether oxygens (including phenoxy) is 1. The van der Waals surface area contributed by atoms with E-state index in [0.29, 0.717) is 5.92 Å². The number of hydrogen-bond donors (Lipinski definition) is 1. The first kappa shape index (κ1) is 13.1. The van der Waals surface area contributed by atoms with Gasteiger partial charge in [-0.3, -0.25) is 9.97 Å². The van der Waals surface area contributed by atoms with Crippen LogP contribution in [-0.4, -0.2) is 30.2 Å². The minimum Gasteiger partial charge on any atom is -0.496 e. The summed E-state index contributed by atoms with van der Waals surface area (Å²) in [7, 11) is 1.69. The van der Waals surface area contributed by atoms with Crippen molar-refractivity contribution in [3.8, 4) is 17.0 Å². The first-order chi connectivity index (χ1) is 9.90. The molecule has 0 aliphatic carbocycles. The van der Waals surface area contributed by atoms with Gasteiger partial charge in [-0.15, -0.1) is 0 Å². The molecule has 2 aromatic rings. The summed E-state index contributed by atoms with van der Waals surface area (Å²) in [6.07, 6.45) is 5.88. The molecule has 1 fully saturated rings. The van der Waals surface area contributed by atoms with Crippen molar-refractivity contribution in [2.24, 2.45) is 0 Å². The van der Waals surface area contributed by atoms with Crippen molar-refractivity contribution in [3.63, 3.8) is 0 Å². The predicted molar refractivity (Wildman–Crippen MR) is 78.9 cm³/mol. The van der Waals surface area contributed by atoms with Crippen LogP contribution < -0.4 is 10.1 Å². The van der Waals surface area contributed by atoms with Crippen LogP contribution in [0.25, 0.3) is 11.3 Å². The average Bonchev–Trinajstić information content (AvgIpc) is 2.55. The van der Waals surface area contributed by atoms with E-state index in [-0.39, 0.29) is 0 Å². The first-order valence-corrected chi connectivity index (χ1v) is 7.05. The molecule has 1 aliphatic rings. The van der Waals surface area contributed by atoms with Crippen LogP contribution in [0.1, 0.15) is 24.5 Å². The third kappa shape index (κ3) is 2.51. The van der Waals surface area contributed by atoms with Crippen molar-refractivity contribution in [2.75, 3.05) is 20.2 Å². The molecule has 1 unspecified atom stereocenters. The van der Waals surface area contributed by atoms with Crippen LogP contribution >= 0.6 is 0 Å². The molecule has 1 N–H and O–H groups in total. The van der Waals surface area contributed by atoms with E-state index < -0.39 is 0 Å². The molecule has 0 amide bonds. The number of nitrogens with one attached hydrogen (secondary N) is 1. The third-order valence-electron chi connectivity index (χ3n) is 3.77. The lowest BCUT2D eigenvalue weighted by Gasteiger charge is -2.24. The molecule has 104 valence electrons. The second-order valence-electron chi connectivity index (χ2n) is 5.03. The second-order valence-corrected chi connectivity index (χ2v) is 5.03. The molecule has 0 bridgehead atoms. The highest BCUT2D eigenvalue weighted by atomic mass is 16.5. The Bertz CT molecular complexity index is 579. The maximum absolute atomic E-state index is 5.46. The van der Waals surface area contributed by atoms with Gasteiger partial charge in [0, 0.05) is 30.4 Å². The van der Waals surface area contributed by atoms with E-state index in [4.69, 9.17) is 4.74 Å². The number of piperidine rings is 1. The minimum absolute atomic E-state index is 0.428. The second kappa shape index (κ2) is 6.01. The van der Waals surface area contributed by atoms with Gasteiger partial charge in [0.25, 0.3) is 0 Å². The molecule has 1 saturated heterocycles. The summed E-state index contributed by atoms with van der Waals surface area (Å²) in [4.78, 5) is 9.16. The Labute approximate surface area is 119 Å². The fourth-order valence-corrected chi connectivity index (χ4v) is 2.78. The molecule has 0 radical (unpaired) electrons. The third-order valence-corrected chi connectivity index (χ3v) is 3.77. The summed E-state index contributed by atoms with van der Waals surface area (Å²) in [5, 5.41) is 3.44. The number of benzene rings is 1. The molecule has 0 spiro atoms. The molecule has 1 atom stereocenters. The molecule has 0 saturated carbocycles. The maximum Gasteiger partial charge on any atom is 0.128 e. The van der Waals surface area contributed by atoms with Crippen LogP contribution in [0.5, 0.6) is 5.75 Å². The van der Waals surface area contributed by atoms with Crippen LogP contribution in [0.3, 0.4) is 0 Å². The zero-order chi connectivity index (χ0) is 13.8. The number of hydrogen-bond acceptors (Lipinski definition) is 4. The molecule has 4 heteroatoms. The lowest BCUT2D eigenvalue weighted by atomic mass is 9.92. The summed E-state index contributed by atoms with van der Waals surface area (Å²) in [6.45, 7) is 2.07. The van der Waals surface area contributed by atoms with E-state index in [2.05, 4.69) is 15.3 Å². The number of methoxy groups -OCH3 is 1. The minimum atomic E-state index is 0.428. The van der Waals surface area contributed by atoms with Crippen molar-refractivity contribution in [1.29, 1.82) is 0 Å². The Hall–Kier alpha value is -1.94.